The van der Waals surface area contributed by atoms with Crippen molar-refractivity contribution in [2.45, 2.75) is 33.2 Å². The Morgan fingerprint density at radius 2 is 1.84 bits per heavy atom. The maximum absolute atomic E-state index is 5.30. The number of anilines is 1. The van der Waals surface area contributed by atoms with Crippen molar-refractivity contribution in [3.63, 3.8) is 0 Å². The van der Waals surface area contributed by atoms with Crippen molar-refractivity contribution in [1.29, 1.82) is 0 Å². The first-order valence-electron chi connectivity index (χ1n) is 7.08. The van der Waals surface area contributed by atoms with Gasteiger partial charge in [0, 0.05) is 32.4 Å². The monoisotopic (exact) mass is 264 g/mol. The first kappa shape index (κ1) is 16.0. The van der Waals surface area contributed by atoms with Gasteiger partial charge in [-0.3, -0.25) is 0 Å². The van der Waals surface area contributed by atoms with E-state index >= 15 is 0 Å². The molecule has 0 saturated carbocycles. The molecule has 0 fully saturated rings. The summed E-state index contributed by atoms with van der Waals surface area (Å²) in [5.74, 6) is 0. The van der Waals surface area contributed by atoms with Crippen LogP contribution in [0.25, 0.3) is 0 Å². The molecule has 0 heterocycles. The van der Waals surface area contributed by atoms with E-state index in [4.69, 9.17) is 4.74 Å². The number of nitrogens with zero attached hydrogens (tertiary/aromatic N) is 1. The first-order chi connectivity index (χ1) is 9.06. The predicted molar refractivity (Wildman–Crippen MR) is 83.1 cm³/mol. The van der Waals surface area contributed by atoms with Gasteiger partial charge in [-0.25, -0.2) is 0 Å². The molecule has 1 rings (SSSR count). The van der Waals surface area contributed by atoms with Crippen molar-refractivity contribution in [1.82, 2.24) is 5.32 Å². The second-order valence-electron chi connectivity index (χ2n) is 5.33. The Hall–Kier alpha value is -1.06. The molecule has 0 aliphatic heterocycles. The molecular weight excluding hydrogens is 236 g/mol. The van der Waals surface area contributed by atoms with E-state index in [1.807, 2.05) is 0 Å². The van der Waals surface area contributed by atoms with Crippen LogP contribution in [-0.2, 0) is 4.74 Å². The lowest BCUT2D eigenvalue weighted by atomic mass is 10.1. The second-order valence-corrected chi connectivity index (χ2v) is 5.33. The third-order valence-corrected chi connectivity index (χ3v) is 3.19. The zero-order valence-corrected chi connectivity index (χ0v) is 13.0. The highest BCUT2D eigenvalue weighted by atomic mass is 16.5. The molecule has 0 aromatic heterocycles. The Labute approximate surface area is 118 Å². The molecule has 1 atom stereocenters. The summed E-state index contributed by atoms with van der Waals surface area (Å²) in [4.78, 5) is 2.30. The Morgan fingerprint density at radius 3 is 2.37 bits per heavy atom. The van der Waals surface area contributed by atoms with Gasteiger partial charge >= 0.3 is 0 Å². The largest absolute Gasteiger partial charge is 0.383 e. The minimum atomic E-state index is 0.371. The lowest BCUT2D eigenvalue weighted by molar-refractivity contribution is 0.168. The van der Waals surface area contributed by atoms with Gasteiger partial charge < -0.3 is 15.0 Å². The third-order valence-electron chi connectivity index (χ3n) is 3.19. The minimum Gasteiger partial charge on any atom is -0.383 e. The Bertz CT molecular complexity index is 359. The molecule has 1 unspecified atom stereocenters. The van der Waals surface area contributed by atoms with E-state index in [1.54, 1.807) is 7.11 Å². The van der Waals surface area contributed by atoms with E-state index in [2.05, 4.69) is 56.2 Å². The van der Waals surface area contributed by atoms with Gasteiger partial charge in [0.05, 0.1) is 6.61 Å². The van der Waals surface area contributed by atoms with Gasteiger partial charge in [0.15, 0.2) is 0 Å². The van der Waals surface area contributed by atoms with E-state index in [1.165, 1.54) is 16.8 Å². The maximum Gasteiger partial charge on any atom is 0.0633 e. The van der Waals surface area contributed by atoms with Gasteiger partial charge in [-0.05, 0) is 50.1 Å². The van der Waals surface area contributed by atoms with Crippen molar-refractivity contribution in [3.05, 3.63) is 29.3 Å². The van der Waals surface area contributed by atoms with E-state index < -0.39 is 0 Å². The molecule has 3 heteroatoms. The predicted octanol–water partition coefficient (Wildman–Crippen LogP) is 2.75. The smallest absolute Gasteiger partial charge is 0.0633 e. The van der Waals surface area contributed by atoms with Crippen LogP contribution in [0, 0.1) is 13.8 Å². The summed E-state index contributed by atoms with van der Waals surface area (Å²) in [5.41, 5.74) is 3.90. The zero-order chi connectivity index (χ0) is 14.3. The van der Waals surface area contributed by atoms with Crippen LogP contribution < -0.4 is 10.2 Å². The number of hydrogen-bond acceptors (Lipinski definition) is 3. The lowest BCUT2D eigenvalue weighted by Crippen LogP contribution is -2.43. The summed E-state index contributed by atoms with van der Waals surface area (Å²) in [7, 11) is 3.90. The molecule has 0 amide bonds. The molecule has 0 bridgehead atoms. The van der Waals surface area contributed by atoms with Gasteiger partial charge in [-0.15, -0.1) is 0 Å². The number of aryl methyl sites for hydroxylation is 2. The van der Waals surface area contributed by atoms with Gasteiger partial charge in [0.1, 0.15) is 0 Å². The standard InChI is InChI=1S/C16H28N2O/c1-6-7-17-15(12-19-5)11-18(4)16-9-13(2)8-14(3)10-16/h8-10,15,17H,6-7,11-12H2,1-5H3. The average molecular weight is 264 g/mol. The summed E-state index contributed by atoms with van der Waals surface area (Å²) >= 11 is 0. The summed E-state index contributed by atoms with van der Waals surface area (Å²) < 4.78 is 5.30. The number of ether oxygens (including phenoxy) is 1. The van der Waals surface area contributed by atoms with Crippen LogP contribution in [0.3, 0.4) is 0 Å². The lowest BCUT2D eigenvalue weighted by Gasteiger charge is -2.26. The normalized spacial score (nSPS) is 12.5. The maximum atomic E-state index is 5.30. The molecule has 0 saturated heterocycles. The second kappa shape index (κ2) is 8.18. The Kier molecular flexibility index (Phi) is 6.89. The number of hydrogen-bond donors (Lipinski definition) is 1. The molecule has 0 aliphatic carbocycles. The molecule has 0 aliphatic rings. The Morgan fingerprint density at radius 1 is 1.21 bits per heavy atom. The number of nitrogens with one attached hydrogen (secondary N) is 1. The molecule has 1 N–H and O–H groups in total. The summed E-state index contributed by atoms with van der Waals surface area (Å²) in [5, 5.41) is 3.53. The fourth-order valence-corrected chi connectivity index (χ4v) is 2.33. The summed E-state index contributed by atoms with van der Waals surface area (Å²) in [6, 6.07) is 7.04. The molecule has 0 spiro atoms. The topological polar surface area (TPSA) is 24.5 Å². The van der Waals surface area contributed by atoms with Crippen LogP contribution in [-0.4, -0.2) is 39.9 Å². The third kappa shape index (κ3) is 5.62. The SMILES string of the molecule is CCCNC(COC)CN(C)c1cc(C)cc(C)c1. The highest BCUT2D eigenvalue weighted by Gasteiger charge is 2.11. The van der Waals surface area contributed by atoms with Gasteiger partial charge in [-0.1, -0.05) is 13.0 Å². The highest BCUT2D eigenvalue weighted by molar-refractivity contribution is 5.50. The molecule has 108 valence electrons. The molecule has 1 aromatic rings. The summed E-state index contributed by atoms with van der Waals surface area (Å²) in [6.07, 6.45) is 1.15. The fraction of sp³-hybridized carbons (Fsp3) is 0.625. The van der Waals surface area contributed by atoms with Crippen LogP contribution >= 0.6 is 0 Å². The van der Waals surface area contributed by atoms with Crippen molar-refractivity contribution in [2.24, 2.45) is 0 Å². The number of likely N-dealkylation sites (N-methyl/N-ethyl adjacent to an activating group) is 1. The number of methoxy groups -OCH3 is 1. The van der Waals surface area contributed by atoms with E-state index in [0.717, 1.165) is 26.1 Å². The van der Waals surface area contributed by atoms with E-state index in [9.17, 15) is 0 Å². The average Bonchev–Trinajstić information content (AvgIpc) is 2.35. The number of benzene rings is 1. The molecule has 1 aromatic carbocycles. The quantitative estimate of drug-likeness (QED) is 0.781. The van der Waals surface area contributed by atoms with Crippen LogP contribution in [0.15, 0.2) is 18.2 Å². The van der Waals surface area contributed by atoms with Gasteiger partial charge in [0.25, 0.3) is 0 Å². The molecule has 19 heavy (non-hydrogen) atoms. The molecular formula is C16H28N2O. The molecule has 0 radical (unpaired) electrons. The van der Waals surface area contributed by atoms with E-state index in [-0.39, 0.29) is 0 Å². The zero-order valence-electron chi connectivity index (χ0n) is 13.0. The van der Waals surface area contributed by atoms with Gasteiger partial charge in [0.2, 0.25) is 0 Å². The van der Waals surface area contributed by atoms with Crippen LogP contribution in [0.2, 0.25) is 0 Å². The fourth-order valence-electron chi connectivity index (χ4n) is 2.33. The van der Waals surface area contributed by atoms with Crippen molar-refractivity contribution < 1.29 is 4.74 Å². The van der Waals surface area contributed by atoms with Crippen LogP contribution in [0.5, 0.6) is 0 Å². The van der Waals surface area contributed by atoms with Crippen LogP contribution in [0.4, 0.5) is 5.69 Å². The Balaban J connectivity index is 2.66. The van der Waals surface area contributed by atoms with E-state index in [0.29, 0.717) is 6.04 Å². The van der Waals surface area contributed by atoms with Crippen LogP contribution in [0.1, 0.15) is 24.5 Å². The summed E-state index contributed by atoms with van der Waals surface area (Å²) in [6.45, 7) is 9.21. The van der Waals surface area contributed by atoms with Crippen molar-refractivity contribution in [3.8, 4) is 0 Å². The number of rotatable bonds is 8. The van der Waals surface area contributed by atoms with Crippen molar-refractivity contribution in [2.75, 3.05) is 38.8 Å². The highest BCUT2D eigenvalue weighted by Crippen LogP contribution is 2.17. The van der Waals surface area contributed by atoms with Crippen molar-refractivity contribution >= 4 is 5.69 Å². The van der Waals surface area contributed by atoms with Gasteiger partial charge in [-0.2, -0.15) is 0 Å². The first-order valence-corrected chi connectivity index (χ1v) is 7.08. The molecule has 3 nitrogen and oxygen atoms in total. The minimum absolute atomic E-state index is 0.371.